The summed E-state index contributed by atoms with van der Waals surface area (Å²) < 4.78 is 46.4. The number of ether oxygens (including phenoxy) is 1. The molecule has 0 unspecified atom stereocenters. The minimum atomic E-state index is -4.67. The number of nitrogens with one attached hydrogen (secondary N) is 2. The van der Waals surface area contributed by atoms with Crippen LogP contribution < -0.4 is 20.9 Å². The van der Waals surface area contributed by atoms with E-state index in [1.165, 1.54) is 15.5 Å². The lowest BCUT2D eigenvalue weighted by molar-refractivity contribution is -0.137. The van der Waals surface area contributed by atoms with Gasteiger partial charge in [0.15, 0.2) is 0 Å². The number of alkyl halides is 3. The van der Waals surface area contributed by atoms with Crippen molar-refractivity contribution in [3.05, 3.63) is 111 Å². The van der Waals surface area contributed by atoms with E-state index in [0.717, 1.165) is 23.4 Å². The number of amides is 2. The first-order valence-electron chi connectivity index (χ1n) is 12.6. The summed E-state index contributed by atoms with van der Waals surface area (Å²) in [6.07, 6.45) is -4.38. The third kappa shape index (κ3) is 6.14. The number of halogens is 4. The van der Waals surface area contributed by atoms with Gasteiger partial charge in [-0.25, -0.2) is 14.3 Å². The summed E-state index contributed by atoms with van der Waals surface area (Å²) >= 11 is 5.69. The smallest absolute Gasteiger partial charge is 0.417 e. The molecule has 12 heteroatoms. The van der Waals surface area contributed by atoms with Gasteiger partial charge in [-0.05, 0) is 48.0 Å². The van der Waals surface area contributed by atoms with Gasteiger partial charge in [0, 0.05) is 25.2 Å². The van der Waals surface area contributed by atoms with E-state index < -0.39 is 22.8 Å². The van der Waals surface area contributed by atoms with Crippen molar-refractivity contribution in [2.75, 3.05) is 24.3 Å². The molecule has 2 N–H and O–H groups in total. The average molecular weight is 584 g/mol. The number of anilines is 2. The topological polar surface area (TPSA) is 88.5 Å². The second-order valence-electron chi connectivity index (χ2n) is 9.33. The van der Waals surface area contributed by atoms with Gasteiger partial charge in [-0.1, -0.05) is 41.9 Å². The number of methoxy groups -OCH3 is 1. The van der Waals surface area contributed by atoms with E-state index in [1.54, 1.807) is 31.4 Å². The highest BCUT2D eigenvalue weighted by Crippen LogP contribution is 2.36. The van der Waals surface area contributed by atoms with Crippen LogP contribution in [0.15, 0.2) is 77.6 Å². The molecule has 0 spiro atoms. The van der Waals surface area contributed by atoms with Gasteiger partial charge in [-0.2, -0.15) is 13.2 Å². The van der Waals surface area contributed by atoms with Crippen molar-refractivity contribution in [2.24, 2.45) is 0 Å². The fraction of sp³-hybridized carbons (Fsp3) is 0.207. The SMILES string of the molecule is COc1ccc(CNc2nc3c(c(=O)n2-c2ccccc2)CN(C(=O)Nc2ccc(Cl)c(C(F)(F)F)c2)CC3)cc1. The van der Waals surface area contributed by atoms with Crippen molar-refractivity contribution < 1.29 is 22.7 Å². The number of hydrogen-bond acceptors (Lipinski definition) is 5. The molecule has 0 atom stereocenters. The Labute approximate surface area is 238 Å². The molecule has 0 radical (unpaired) electrons. The largest absolute Gasteiger partial charge is 0.497 e. The minimum absolute atomic E-state index is 0.0572. The van der Waals surface area contributed by atoms with Crippen LogP contribution >= 0.6 is 11.6 Å². The van der Waals surface area contributed by atoms with Gasteiger partial charge in [0.25, 0.3) is 5.56 Å². The molecule has 2 amide bonds. The molecule has 212 valence electrons. The second-order valence-corrected chi connectivity index (χ2v) is 9.74. The summed E-state index contributed by atoms with van der Waals surface area (Å²) in [4.78, 5) is 33.0. The number of benzene rings is 3. The molecule has 0 bridgehead atoms. The lowest BCUT2D eigenvalue weighted by Gasteiger charge is -2.29. The summed E-state index contributed by atoms with van der Waals surface area (Å²) in [6, 6.07) is 19.0. The van der Waals surface area contributed by atoms with Crippen LogP contribution in [0.2, 0.25) is 5.02 Å². The number of carbonyl (C=O) groups excluding carboxylic acids is 1. The highest BCUT2D eigenvalue weighted by Gasteiger charge is 2.34. The molecule has 5 rings (SSSR count). The number of hydrogen-bond donors (Lipinski definition) is 2. The summed E-state index contributed by atoms with van der Waals surface area (Å²) in [6.45, 7) is 0.564. The maximum atomic E-state index is 13.8. The van der Waals surface area contributed by atoms with Gasteiger partial charge in [0.1, 0.15) is 5.75 Å². The van der Waals surface area contributed by atoms with Crippen molar-refractivity contribution >= 4 is 29.3 Å². The van der Waals surface area contributed by atoms with Gasteiger partial charge in [-0.3, -0.25) is 4.79 Å². The van der Waals surface area contributed by atoms with Crippen molar-refractivity contribution in [3.8, 4) is 11.4 Å². The standard InChI is InChI=1S/C29H25ClF3N5O3/c1-41-21-10-7-18(8-11-21)16-34-27-36-25-13-14-37(17-22(25)26(39)38(27)20-5-3-2-4-6-20)28(40)35-19-9-12-24(30)23(15-19)29(31,32)33/h2-12,15H,13-14,16-17H2,1H3,(H,34,36)(H,35,40). The maximum absolute atomic E-state index is 13.8. The molecule has 0 saturated heterocycles. The minimum Gasteiger partial charge on any atom is -0.497 e. The highest BCUT2D eigenvalue weighted by atomic mass is 35.5. The van der Waals surface area contributed by atoms with Crippen LogP contribution in [-0.4, -0.2) is 34.1 Å². The van der Waals surface area contributed by atoms with Crippen molar-refractivity contribution in [3.63, 3.8) is 0 Å². The van der Waals surface area contributed by atoms with Crippen LogP contribution in [0.5, 0.6) is 5.75 Å². The molecule has 4 aromatic rings. The van der Waals surface area contributed by atoms with Crippen LogP contribution in [0.25, 0.3) is 5.69 Å². The van der Waals surface area contributed by atoms with Crippen LogP contribution in [0.3, 0.4) is 0 Å². The van der Waals surface area contributed by atoms with Gasteiger partial charge in [0.2, 0.25) is 5.95 Å². The predicted octanol–water partition coefficient (Wildman–Crippen LogP) is 6.12. The first-order valence-corrected chi connectivity index (χ1v) is 13.0. The summed E-state index contributed by atoms with van der Waals surface area (Å²) in [7, 11) is 1.59. The van der Waals surface area contributed by atoms with Crippen LogP contribution in [0.1, 0.15) is 22.4 Å². The van der Waals surface area contributed by atoms with E-state index >= 15 is 0 Å². The number of rotatable bonds is 6. The molecule has 0 saturated carbocycles. The van der Waals surface area contributed by atoms with Gasteiger partial charge >= 0.3 is 12.2 Å². The number of para-hydroxylation sites is 1. The summed E-state index contributed by atoms with van der Waals surface area (Å²) in [5, 5.41) is 5.28. The number of aromatic nitrogens is 2. The lowest BCUT2D eigenvalue weighted by Crippen LogP contribution is -2.43. The molecule has 1 aromatic heterocycles. The Morgan fingerprint density at radius 3 is 2.49 bits per heavy atom. The zero-order valence-electron chi connectivity index (χ0n) is 21.8. The normalized spacial score (nSPS) is 13.0. The molecule has 1 aliphatic heterocycles. The lowest BCUT2D eigenvalue weighted by atomic mass is 10.1. The quantitative estimate of drug-likeness (QED) is 0.286. The zero-order chi connectivity index (χ0) is 29.1. The number of carbonyl (C=O) groups is 1. The van der Waals surface area contributed by atoms with E-state index in [9.17, 15) is 22.8 Å². The molecule has 41 heavy (non-hydrogen) atoms. The van der Waals surface area contributed by atoms with Gasteiger partial charge < -0.3 is 20.3 Å². The fourth-order valence-corrected chi connectivity index (χ4v) is 4.76. The number of nitrogens with zero attached hydrogens (tertiary/aromatic N) is 3. The van der Waals surface area contributed by atoms with Gasteiger partial charge in [0.05, 0.1) is 41.2 Å². The second kappa shape index (κ2) is 11.5. The Morgan fingerprint density at radius 2 is 1.80 bits per heavy atom. The summed E-state index contributed by atoms with van der Waals surface area (Å²) in [5.74, 6) is 1.09. The predicted molar refractivity (Wildman–Crippen MR) is 150 cm³/mol. The molecule has 3 aromatic carbocycles. The average Bonchev–Trinajstić information content (AvgIpc) is 2.97. The Balaban J connectivity index is 1.41. The van der Waals surface area contributed by atoms with E-state index in [1.807, 2.05) is 30.3 Å². The third-order valence-electron chi connectivity index (χ3n) is 6.66. The van der Waals surface area contributed by atoms with Crippen LogP contribution in [0.4, 0.5) is 29.6 Å². The Bertz CT molecular complexity index is 1630. The molecular weight excluding hydrogens is 559 g/mol. The Kier molecular flexibility index (Phi) is 7.89. The monoisotopic (exact) mass is 583 g/mol. The highest BCUT2D eigenvalue weighted by molar-refractivity contribution is 6.31. The first kappa shape index (κ1) is 28.0. The van der Waals surface area contributed by atoms with E-state index in [0.29, 0.717) is 35.9 Å². The van der Waals surface area contributed by atoms with E-state index in [2.05, 4.69) is 10.6 Å². The van der Waals surface area contributed by atoms with E-state index in [4.69, 9.17) is 21.3 Å². The number of fused-ring (bicyclic) bond motifs is 1. The van der Waals surface area contributed by atoms with Crippen LogP contribution in [0, 0.1) is 0 Å². The van der Waals surface area contributed by atoms with Gasteiger partial charge in [-0.15, -0.1) is 0 Å². The molecule has 1 aliphatic rings. The van der Waals surface area contributed by atoms with Crippen LogP contribution in [-0.2, 0) is 25.7 Å². The Morgan fingerprint density at radius 1 is 1.07 bits per heavy atom. The maximum Gasteiger partial charge on any atom is 0.417 e. The fourth-order valence-electron chi connectivity index (χ4n) is 4.53. The van der Waals surface area contributed by atoms with Crippen molar-refractivity contribution in [1.82, 2.24) is 14.5 Å². The molecular formula is C29H25ClF3N5O3. The first-order chi connectivity index (χ1) is 19.6. The summed E-state index contributed by atoms with van der Waals surface area (Å²) in [5.41, 5.74) is 0.970. The van der Waals surface area contributed by atoms with E-state index in [-0.39, 0.29) is 24.3 Å². The molecule has 8 nitrogen and oxygen atoms in total. The molecule has 0 fully saturated rings. The third-order valence-corrected chi connectivity index (χ3v) is 6.99. The molecule has 2 heterocycles. The Hall–Kier alpha value is -4.51. The molecule has 0 aliphatic carbocycles. The van der Waals surface area contributed by atoms with Crippen molar-refractivity contribution in [1.29, 1.82) is 0 Å². The zero-order valence-corrected chi connectivity index (χ0v) is 22.6. The van der Waals surface area contributed by atoms with Crippen molar-refractivity contribution in [2.45, 2.75) is 25.7 Å². The number of urea groups is 1.